The zero-order valence-corrected chi connectivity index (χ0v) is 25.3. The molecular formula is C33H41F2N5O4. The fourth-order valence-corrected chi connectivity index (χ4v) is 7.79. The van der Waals surface area contributed by atoms with Gasteiger partial charge in [-0.1, -0.05) is 6.42 Å². The molecule has 236 valence electrons. The van der Waals surface area contributed by atoms with Crippen molar-refractivity contribution >= 4 is 16.7 Å². The van der Waals surface area contributed by atoms with E-state index in [1.807, 2.05) is 11.8 Å². The molecular weight excluding hydrogens is 568 g/mol. The number of nitrogens with zero attached hydrogens (tertiary/aromatic N) is 5. The van der Waals surface area contributed by atoms with E-state index < -0.39 is 23.6 Å². The maximum absolute atomic E-state index is 16.7. The fourth-order valence-electron chi connectivity index (χ4n) is 7.79. The molecule has 4 atom stereocenters. The van der Waals surface area contributed by atoms with Crippen LogP contribution in [0.5, 0.6) is 11.8 Å². The third kappa shape index (κ3) is 5.58. The Kier molecular flexibility index (Phi) is 8.05. The van der Waals surface area contributed by atoms with Gasteiger partial charge in [-0.25, -0.2) is 8.78 Å². The number of aryl methyl sites for hydroxylation is 1. The highest BCUT2D eigenvalue weighted by molar-refractivity contribution is 5.92. The van der Waals surface area contributed by atoms with Gasteiger partial charge in [-0.3, -0.25) is 9.88 Å². The Bertz CT molecular complexity index is 1540. The van der Waals surface area contributed by atoms with Crippen LogP contribution >= 0.6 is 0 Å². The molecule has 0 radical (unpaired) electrons. The van der Waals surface area contributed by atoms with Crippen LogP contribution in [-0.2, 0) is 11.2 Å². The Labute approximate surface area is 256 Å². The molecule has 0 saturated carbocycles. The van der Waals surface area contributed by atoms with Crippen molar-refractivity contribution in [3.63, 3.8) is 0 Å². The molecule has 0 amide bonds. The first-order valence-corrected chi connectivity index (χ1v) is 16.1. The first-order chi connectivity index (χ1) is 21.3. The molecule has 0 aliphatic carbocycles. The molecule has 3 saturated heterocycles. The molecule has 0 unspecified atom stereocenters. The lowest BCUT2D eigenvalue weighted by Crippen LogP contribution is -2.43. The highest BCUT2D eigenvalue weighted by Crippen LogP contribution is 2.41. The van der Waals surface area contributed by atoms with Crippen molar-refractivity contribution in [2.24, 2.45) is 0 Å². The fraction of sp³-hybridized carbons (Fsp3) is 0.606. The van der Waals surface area contributed by atoms with Gasteiger partial charge < -0.3 is 24.6 Å². The third-order valence-corrected chi connectivity index (χ3v) is 10.0. The summed E-state index contributed by atoms with van der Waals surface area (Å²) in [5.41, 5.74) is 2.15. The molecule has 6 bridgehead atoms. The van der Waals surface area contributed by atoms with Crippen molar-refractivity contribution in [3.05, 3.63) is 35.3 Å². The Morgan fingerprint density at radius 3 is 2.91 bits per heavy atom. The Hall–Kier alpha value is -3.15. The number of benzene rings is 1. The van der Waals surface area contributed by atoms with E-state index in [0.29, 0.717) is 68.7 Å². The molecule has 7 heterocycles. The summed E-state index contributed by atoms with van der Waals surface area (Å²) in [6.45, 7) is 4.93. The van der Waals surface area contributed by atoms with E-state index >= 15 is 4.39 Å². The van der Waals surface area contributed by atoms with Crippen molar-refractivity contribution in [1.29, 1.82) is 0 Å². The number of fused-ring (bicyclic) bond motifs is 7. The van der Waals surface area contributed by atoms with Crippen LogP contribution in [0.25, 0.3) is 22.2 Å². The second-order valence-corrected chi connectivity index (χ2v) is 13.1. The summed E-state index contributed by atoms with van der Waals surface area (Å²) in [5, 5.41) is 21.6. The monoisotopic (exact) mass is 609 g/mol. The predicted molar refractivity (Wildman–Crippen MR) is 162 cm³/mol. The van der Waals surface area contributed by atoms with Gasteiger partial charge in [-0.15, -0.1) is 0 Å². The van der Waals surface area contributed by atoms with E-state index in [0.717, 1.165) is 49.8 Å². The number of alkyl halides is 1. The summed E-state index contributed by atoms with van der Waals surface area (Å²) in [6.07, 6.45) is 6.57. The highest BCUT2D eigenvalue weighted by Gasteiger charge is 2.49. The number of phenols is 1. The number of hydrogen-bond donors (Lipinski definition) is 2. The van der Waals surface area contributed by atoms with E-state index in [-0.39, 0.29) is 35.7 Å². The lowest BCUT2D eigenvalue weighted by atomic mass is 9.93. The third-order valence-electron chi connectivity index (χ3n) is 10.0. The lowest BCUT2D eigenvalue weighted by Gasteiger charge is -2.31. The normalized spacial score (nSPS) is 27.9. The molecule has 5 aliphatic heterocycles. The van der Waals surface area contributed by atoms with E-state index in [9.17, 15) is 14.6 Å². The minimum atomic E-state index is -0.898. The Morgan fingerprint density at radius 2 is 2.02 bits per heavy atom. The van der Waals surface area contributed by atoms with Gasteiger partial charge in [0.2, 0.25) is 0 Å². The number of aliphatic hydroxyl groups is 1. The number of halogens is 2. The molecule has 3 fully saturated rings. The number of aromatic hydroxyl groups is 1. The molecule has 11 heteroatoms. The van der Waals surface area contributed by atoms with Crippen LogP contribution in [0.15, 0.2) is 18.3 Å². The molecule has 1 aromatic carbocycles. The van der Waals surface area contributed by atoms with Gasteiger partial charge in [0.05, 0.1) is 23.1 Å². The lowest BCUT2D eigenvalue weighted by molar-refractivity contribution is 0.0225. The summed E-state index contributed by atoms with van der Waals surface area (Å²) in [5.74, 6) is -0.0852. The Morgan fingerprint density at radius 1 is 1.14 bits per heavy atom. The highest BCUT2D eigenvalue weighted by atomic mass is 19.1. The molecule has 2 aromatic heterocycles. The van der Waals surface area contributed by atoms with E-state index in [1.54, 1.807) is 18.3 Å². The smallest absolute Gasteiger partial charge is 0.319 e. The first-order valence-electron chi connectivity index (χ1n) is 16.1. The number of pyridine rings is 1. The van der Waals surface area contributed by atoms with Crippen LogP contribution in [-0.4, -0.2) is 93.4 Å². The number of rotatable bonds is 3. The van der Waals surface area contributed by atoms with E-state index in [2.05, 4.69) is 14.9 Å². The van der Waals surface area contributed by atoms with Crippen molar-refractivity contribution in [1.82, 2.24) is 19.9 Å². The minimum absolute atomic E-state index is 0.0303. The maximum Gasteiger partial charge on any atom is 0.319 e. The summed E-state index contributed by atoms with van der Waals surface area (Å²) in [6, 6.07) is 3.31. The molecule has 2 N–H and O–H groups in total. The van der Waals surface area contributed by atoms with Crippen molar-refractivity contribution in [3.8, 4) is 23.0 Å². The average Bonchev–Trinajstić information content (AvgIpc) is 3.44. The Balaban J connectivity index is 1.36. The van der Waals surface area contributed by atoms with Gasteiger partial charge in [0.15, 0.2) is 5.82 Å². The summed E-state index contributed by atoms with van der Waals surface area (Å²) in [4.78, 5) is 18.2. The molecule has 0 spiro atoms. The van der Waals surface area contributed by atoms with Gasteiger partial charge in [0, 0.05) is 50.8 Å². The molecule has 5 aliphatic rings. The van der Waals surface area contributed by atoms with Crippen molar-refractivity contribution in [2.75, 3.05) is 44.3 Å². The van der Waals surface area contributed by atoms with Crippen molar-refractivity contribution in [2.45, 2.75) is 88.6 Å². The minimum Gasteiger partial charge on any atom is -0.508 e. The average molecular weight is 610 g/mol. The van der Waals surface area contributed by atoms with Gasteiger partial charge in [0.1, 0.15) is 35.6 Å². The van der Waals surface area contributed by atoms with Crippen molar-refractivity contribution < 1.29 is 28.5 Å². The van der Waals surface area contributed by atoms with E-state index in [1.165, 1.54) is 0 Å². The van der Waals surface area contributed by atoms with Crippen LogP contribution < -0.4 is 9.64 Å². The van der Waals surface area contributed by atoms with Crippen LogP contribution in [0.1, 0.15) is 62.5 Å². The molecule has 8 rings (SSSR count). The summed E-state index contributed by atoms with van der Waals surface area (Å²) >= 11 is 0. The quantitative estimate of drug-likeness (QED) is 0.430. The summed E-state index contributed by atoms with van der Waals surface area (Å²) < 4.78 is 43.7. The number of phenolic OH excluding ortho intramolecular Hbond substituents is 1. The SMILES string of the molecule is Cc1cc(O)cc2c1CCCCCO[C@@H]1C[C@@H](O)CCN(C1)c1nc(OC[C@@]34CCCN3C[C@H](F)C4)nc3c(F)c-2ncc13. The van der Waals surface area contributed by atoms with Crippen LogP contribution in [0.2, 0.25) is 0 Å². The zero-order valence-electron chi connectivity index (χ0n) is 25.3. The summed E-state index contributed by atoms with van der Waals surface area (Å²) in [7, 11) is 0. The number of anilines is 1. The maximum atomic E-state index is 16.7. The van der Waals surface area contributed by atoms with Gasteiger partial charge in [-0.2, -0.15) is 9.97 Å². The van der Waals surface area contributed by atoms with E-state index in [4.69, 9.17) is 14.5 Å². The predicted octanol–water partition coefficient (Wildman–Crippen LogP) is 4.87. The molecule has 3 aromatic rings. The van der Waals surface area contributed by atoms with Gasteiger partial charge >= 0.3 is 6.01 Å². The topological polar surface area (TPSA) is 104 Å². The number of aromatic nitrogens is 3. The van der Waals surface area contributed by atoms with Crippen LogP contribution in [0, 0.1) is 12.7 Å². The number of hydrogen-bond acceptors (Lipinski definition) is 9. The van der Waals surface area contributed by atoms with Gasteiger partial charge in [-0.05, 0) is 75.3 Å². The zero-order chi connectivity index (χ0) is 30.4. The molecule has 9 nitrogen and oxygen atoms in total. The largest absolute Gasteiger partial charge is 0.508 e. The second kappa shape index (κ2) is 12.0. The second-order valence-electron chi connectivity index (χ2n) is 13.1. The standard InChI is InChI=1S/C33H41F2N5O4/c1-20-12-23(42)14-26-25(20)6-3-2-4-11-43-24-13-22(41)7-10-39(18-24)31-27-16-36-29(26)28(35)30(27)37-32(38-31)44-19-33-8-5-9-40(33)17-21(34)15-33/h12,14,16,21-22,24,41-42H,2-11,13,15,17-19H2,1H3/t21-,22+,24-,33+/m1/s1. The van der Waals surface area contributed by atoms with Gasteiger partial charge in [0.25, 0.3) is 0 Å². The first kappa shape index (κ1) is 29.6. The number of ether oxygens (including phenoxy) is 2. The molecule has 44 heavy (non-hydrogen) atoms. The number of aliphatic hydroxyl groups excluding tert-OH is 1. The van der Waals surface area contributed by atoms with Crippen LogP contribution in [0.3, 0.4) is 0 Å². The van der Waals surface area contributed by atoms with Crippen LogP contribution in [0.4, 0.5) is 14.6 Å².